The number of likely N-dealkylation sites (tertiary alicyclic amines) is 1. The van der Waals surface area contributed by atoms with Crippen molar-refractivity contribution in [3.63, 3.8) is 0 Å². The number of amides is 1. The zero-order chi connectivity index (χ0) is 19.1. The van der Waals surface area contributed by atoms with E-state index in [2.05, 4.69) is 20.1 Å². The lowest BCUT2D eigenvalue weighted by atomic mass is 10.2. The van der Waals surface area contributed by atoms with Crippen molar-refractivity contribution in [1.29, 1.82) is 0 Å². The van der Waals surface area contributed by atoms with Crippen LogP contribution in [0.5, 0.6) is 5.75 Å². The van der Waals surface area contributed by atoms with Gasteiger partial charge in [0.15, 0.2) is 12.6 Å². The number of carbonyl (C=O) groups is 1. The molecule has 0 saturated carbocycles. The summed E-state index contributed by atoms with van der Waals surface area (Å²) in [5.74, 6) is 1.06. The quantitative estimate of drug-likeness (QED) is 0.337. The van der Waals surface area contributed by atoms with Crippen LogP contribution in [-0.4, -0.2) is 80.8 Å². The van der Waals surface area contributed by atoms with Crippen LogP contribution in [0.3, 0.4) is 0 Å². The van der Waals surface area contributed by atoms with E-state index in [0.717, 1.165) is 57.3 Å². The molecule has 8 nitrogen and oxygen atoms in total. The third kappa shape index (κ3) is 6.49. The van der Waals surface area contributed by atoms with Gasteiger partial charge in [0.2, 0.25) is 0 Å². The Labute approximate surface area is 183 Å². The zero-order valence-corrected chi connectivity index (χ0v) is 18.6. The van der Waals surface area contributed by atoms with Gasteiger partial charge < -0.3 is 25.4 Å². The van der Waals surface area contributed by atoms with Crippen LogP contribution in [-0.2, 0) is 16.1 Å². The van der Waals surface area contributed by atoms with Gasteiger partial charge in [0.25, 0.3) is 5.91 Å². The number of ether oxygens (including phenoxy) is 2. The molecular weight excluding hydrogens is 473 g/mol. The first kappa shape index (κ1) is 22.7. The number of morpholine rings is 1. The summed E-state index contributed by atoms with van der Waals surface area (Å²) in [4.78, 5) is 20.1. The largest absolute Gasteiger partial charge is 0.484 e. The van der Waals surface area contributed by atoms with Crippen molar-refractivity contribution in [3.8, 4) is 5.75 Å². The fourth-order valence-electron chi connectivity index (χ4n) is 3.59. The zero-order valence-electron chi connectivity index (χ0n) is 16.3. The van der Waals surface area contributed by atoms with Crippen molar-refractivity contribution in [3.05, 3.63) is 29.8 Å². The summed E-state index contributed by atoms with van der Waals surface area (Å²) in [7, 11) is 1.82. The van der Waals surface area contributed by atoms with Gasteiger partial charge in [-0.25, -0.2) is 0 Å². The highest BCUT2D eigenvalue weighted by atomic mass is 127. The number of halogens is 1. The molecule has 0 aliphatic carbocycles. The molecule has 1 aromatic rings. The van der Waals surface area contributed by atoms with Gasteiger partial charge in [-0.3, -0.25) is 14.7 Å². The second-order valence-electron chi connectivity index (χ2n) is 6.84. The van der Waals surface area contributed by atoms with Gasteiger partial charge in [-0.05, 0) is 24.1 Å². The topological polar surface area (TPSA) is 92.4 Å². The average molecular weight is 503 g/mol. The van der Waals surface area contributed by atoms with E-state index in [1.54, 1.807) is 0 Å². The highest BCUT2D eigenvalue weighted by Gasteiger charge is 2.30. The molecule has 28 heavy (non-hydrogen) atoms. The molecule has 2 saturated heterocycles. The first-order chi connectivity index (χ1) is 13.2. The Morgan fingerprint density at radius 1 is 1.36 bits per heavy atom. The van der Waals surface area contributed by atoms with E-state index in [-0.39, 0.29) is 30.6 Å². The van der Waals surface area contributed by atoms with Gasteiger partial charge >= 0.3 is 0 Å². The fourth-order valence-corrected chi connectivity index (χ4v) is 3.59. The molecule has 2 heterocycles. The van der Waals surface area contributed by atoms with Gasteiger partial charge in [-0.2, -0.15) is 0 Å². The Morgan fingerprint density at radius 3 is 2.86 bits per heavy atom. The molecule has 156 valence electrons. The first-order valence-corrected chi connectivity index (χ1v) is 9.43. The van der Waals surface area contributed by atoms with Crippen LogP contribution in [0.1, 0.15) is 12.0 Å². The van der Waals surface area contributed by atoms with E-state index in [1.165, 1.54) is 0 Å². The van der Waals surface area contributed by atoms with Gasteiger partial charge in [0.1, 0.15) is 5.75 Å². The van der Waals surface area contributed by atoms with Crippen LogP contribution in [0.2, 0.25) is 0 Å². The Kier molecular flexibility index (Phi) is 9.26. The maximum atomic E-state index is 10.9. The van der Waals surface area contributed by atoms with Crippen molar-refractivity contribution < 1.29 is 14.3 Å². The summed E-state index contributed by atoms with van der Waals surface area (Å²) in [6.45, 7) is 6.21. The number of aliphatic imine (C=N–C) groups is 1. The Morgan fingerprint density at radius 2 is 2.14 bits per heavy atom. The molecule has 1 aromatic carbocycles. The minimum atomic E-state index is -0.484. The van der Waals surface area contributed by atoms with Crippen molar-refractivity contribution in [2.24, 2.45) is 10.7 Å². The van der Waals surface area contributed by atoms with E-state index < -0.39 is 5.91 Å². The smallest absolute Gasteiger partial charge is 0.255 e. The predicted molar refractivity (Wildman–Crippen MR) is 119 cm³/mol. The van der Waals surface area contributed by atoms with E-state index in [1.807, 2.05) is 31.3 Å². The molecule has 1 unspecified atom stereocenters. The van der Waals surface area contributed by atoms with Gasteiger partial charge in [-0.1, -0.05) is 12.1 Å². The summed E-state index contributed by atoms with van der Waals surface area (Å²) >= 11 is 0. The number of rotatable bonds is 6. The lowest BCUT2D eigenvalue weighted by molar-refractivity contribution is -0.119. The summed E-state index contributed by atoms with van der Waals surface area (Å²) in [6.07, 6.45) is 1.15. The highest BCUT2D eigenvalue weighted by molar-refractivity contribution is 14.0. The normalized spacial score (nSPS) is 20.5. The highest BCUT2D eigenvalue weighted by Crippen LogP contribution is 2.17. The fraction of sp³-hybridized carbons (Fsp3) is 0.579. The first-order valence-electron chi connectivity index (χ1n) is 9.43. The monoisotopic (exact) mass is 503 g/mol. The van der Waals surface area contributed by atoms with E-state index in [9.17, 15) is 4.79 Å². The number of nitrogens with two attached hydrogens (primary N) is 1. The lowest BCUT2D eigenvalue weighted by Crippen LogP contribution is -2.46. The molecule has 3 N–H and O–H groups in total. The SMILES string of the molecule is CN=C(NCc1cccc(OCC(N)=O)c1)N1CCC(N2CCOCC2)C1.I. The Bertz CT molecular complexity index is 667. The molecule has 1 atom stereocenters. The molecule has 2 fully saturated rings. The number of carbonyl (C=O) groups excluding carboxylic acids is 1. The van der Waals surface area contributed by atoms with Gasteiger partial charge in [-0.15, -0.1) is 24.0 Å². The molecular formula is C19H30IN5O3. The van der Waals surface area contributed by atoms with Crippen LogP contribution < -0.4 is 15.8 Å². The molecule has 0 bridgehead atoms. The molecule has 2 aliphatic rings. The predicted octanol–water partition coefficient (Wildman–Crippen LogP) is 0.651. The summed E-state index contributed by atoms with van der Waals surface area (Å²) in [5, 5.41) is 3.43. The molecule has 3 rings (SSSR count). The van der Waals surface area contributed by atoms with Crippen LogP contribution in [0.4, 0.5) is 0 Å². The number of nitrogens with zero attached hydrogens (tertiary/aromatic N) is 3. The maximum Gasteiger partial charge on any atom is 0.255 e. The summed E-state index contributed by atoms with van der Waals surface area (Å²) in [6, 6.07) is 8.20. The second kappa shape index (κ2) is 11.4. The third-order valence-electron chi connectivity index (χ3n) is 4.97. The molecule has 0 aromatic heterocycles. The molecule has 1 amide bonds. The molecule has 0 spiro atoms. The number of hydrogen-bond donors (Lipinski definition) is 2. The second-order valence-corrected chi connectivity index (χ2v) is 6.84. The van der Waals surface area contributed by atoms with Gasteiger partial charge in [0.05, 0.1) is 13.2 Å². The van der Waals surface area contributed by atoms with Crippen LogP contribution in [0.25, 0.3) is 0 Å². The van der Waals surface area contributed by atoms with Gasteiger partial charge in [0, 0.05) is 45.8 Å². The van der Waals surface area contributed by atoms with Crippen LogP contribution >= 0.6 is 24.0 Å². The molecule has 0 radical (unpaired) electrons. The van der Waals surface area contributed by atoms with Crippen molar-refractivity contribution in [2.75, 3.05) is 53.0 Å². The van der Waals surface area contributed by atoms with Crippen LogP contribution in [0, 0.1) is 0 Å². The van der Waals surface area contributed by atoms with Crippen molar-refractivity contribution >= 4 is 35.8 Å². The Balaban J connectivity index is 0.00000280. The summed E-state index contributed by atoms with van der Waals surface area (Å²) < 4.78 is 10.8. The summed E-state index contributed by atoms with van der Waals surface area (Å²) in [5.41, 5.74) is 6.18. The number of benzene rings is 1. The lowest BCUT2D eigenvalue weighted by Gasteiger charge is -2.32. The minimum absolute atomic E-state index is 0. The minimum Gasteiger partial charge on any atom is -0.484 e. The van der Waals surface area contributed by atoms with E-state index in [0.29, 0.717) is 18.3 Å². The number of guanidine groups is 1. The van der Waals surface area contributed by atoms with Crippen LogP contribution in [0.15, 0.2) is 29.3 Å². The maximum absolute atomic E-state index is 10.9. The Hall–Kier alpha value is -1.59. The number of nitrogens with one attached hydrogen (secondary N) is 1. The molecule has 2 aliphatic heterocycles. The van der Waals surface area contributed by atoms with Crippen molar-refractivity contribution in [2.45, 2.75) is 19.0 Å². The number of primary amides is 1. The molecule has 9 heteroatoms. The van der Waals surface area contributed by atoms with E-state index >= 15 is 0 Å². The number of hydrogen-bond acceptors (Lipinski definition) is 5. The standard InChI is InChI=1S/C19H29N5O3.HI/c1-21-19(24-6-5-16(13-24)23-7-9-26-10-8-23)22-12-15-3-2-4-17(11-15)27-14-18(20)25;/h2-4,11,16H,5-10,12-14H2,1H3,(H2,20,25)(H,21,22);1H. The third-order valence-corrected chi connectivity index (χ3v) is 4.97. The van der Waals surface area contributed by atoms with E-state index in [4.69, 9.17) is 15.2 Å². The van der Waals surface area contributed by atoms with Crippen molar-refractivity contribution in [1.82, 2.24) is 15.1 Å². The average Bonchev–Trinajstić information content (AvgIpc) is 3.18.